The second-order valence-electron chi connectivity index (χ2n) is 3.73. The van der Waals surface area contributed by atoms with E-state index in [-0.39, 0.29) is 5.82 Å². The van der Waals surface area contributed by atoms with E-state index in [2.05, 4.69) is 59.8 Å². The van der Waals surface area contributed by atoms with Crippen LogP contribution in [0.3, 0.4) is 0 Å². The Hall–Kier alpha value is -0.140. The SMILES string of the molecule is Fc1ccc(CNc2ccc(I)c(Br)c2)cc1Br. The predicted octanol–water partition coefficient (Wildman–Crippen LogP) is 5.57. The van der Waals surface area contributed by atoms with Crippen LogP contribution in [0.4, 0.5) is 10.1 Å². The smallest absolute Gasteiger partial charge is 0.137 e. The highest BCUT2D eigenvalue weighted by Crippen LogP contribution is 2.23. The van der Waals surface area contributed by atoms with Crippen molar-refractivity contribution in [2.24, 2.45) is 0 Å². The number of anilines is 1. The molecule has 0 aromatic heterocycles. The van der Waals surface area contributed by atoms with Crippen LogP contribution in [0.2, 0.25) is 0 Å². The molecule has 2 aromatic carbocycles. The zero-order chi connectivity index (χ0) is 13.1. The van der Waals surface area contributed by atoms with Gasteiger partial charge < -0.3 is 5.32 Å². The third-order valence-electron chi connectivity index (χ3n) is 2.40. The molecule has 0 heterocycles. The number of nitrogens with one attached hydrogen (secondary N) is 1. The monoisotopic (exact) mass is 483 g/mol. The molecule has 2 rings (SSSR count). The van der Waals surface area contributed by atoms with Crippen molar-refractivity contribution in [2.45, 2.75) is 6.54 Å². The molecule has 94 valence electrons. The van der Waals surface area contributed by atoms with Crippen molar-refractivity contribution in [3.05, 3.63) is 60.3 Å². The molecular weight excluding hydrogens is 476 g/mol. The Morgan fingerprint density at radius 1 is 1.06 bits per heavy atom. The third-order valence-corrected chi connectivity index (χ3v) is 5.35. The number of halogens is 4. The summed E-state index contributed by atoms with van der Waals surface area (Å²) >= 11 is 8.94. The molecule has 0 spiro atoms. The van der Waals surface area contributed by atoms with Gasteiger partial charge in [-0.15, -0.1) is 0 Å². The lowest BCUT2D eigenvalue weighted by Gasteiger charge is -2.08. The topological polar surface area (TPSA) is 12.0 Å². The van der Waals surface area contributed by atoms with Crippen molar-refractivity contribution in [1.29, 1.82) is 0 Å². The number of rotatable bonds is 3. The second kappa shape index (κ2) is 6.34. The molecule has 5 heteroatoms. The van der Waals surface area contributed by atoms with E-state index in [0.717, 1.165) is 15.7 Å². The highest BCUT2D eigenvalue weighted by atomic mass is 127. The summed E-state index contributed by atoms with van der Waals surface area (Å²) in [6, 6.07) is 11.1. The standard InChI is InChI=1S/C13H9Br2FIN/c14-10-5-8(1-3-12(10)16)7-18-9-2-4-13(17)11(15)6-9/h1-6,18H,7H2. The Balaban J connectivity index is 2.06. The summed E-state index contributed by atoms with van der Waals surface area (Å²) in [4.78, 5) is 0. The van der Waals surface area contributed by atoms with Crippen molar-refractivity contribution >= 4 is 60.1 Å². The van der Waals surface area contributed by atoms with Gasteiger partial charge in [-0.25, -0.2) is 4.39 Å². The van der Waals surface area contributed by atoms with Gasteiger partial charge in [0.15, 0.2) is 0 Å². The summed E-state index contributed by atoms with van der Waals surface area (Å²) in [5, 5.41) is 3.30. The molecule has 0 fully saturated rings. The molecule has 0 saturated carbocycles. The molecule has 18 heavy (non-hydrogen) atoms. The zero-order valence-electron chi connectivity index (χ0n) is 9.18. The minimum Gasteiger partial charge on any atom is -0.381 e. The molecular formula is C13H9Br2FIN. The summed E-state index contributed by atoms with van der Waals surface area (Å²) in [6.45, 7) is 0.659. The van der Waals surface area contributed by atoms with Gasteiger partial charge in [-0.3, -0.25) is 0 Å². The van der Waals surface area contributed by atoms with Gasteiger partial charge in [0.05, 0.1) is 4.47 Å². The van der Waals surface area contributed by atoms with E-state index in [0.29, 0.717) is 11.0 Å². The van der Waals surface area contributed by atoms with Crippen molar-refractivity contribution < 1.29 is 4.39 Å². The lowest BCUT2D eigenvalue weighted by molar-refractivity contribution is 0.620. The Labute approximate surface area is 136 Å². The van der Waals surface area contributed by atoms with Crippen molar-refractivity contribution in [3.63, 3.8) is 0 Å². The van der Waals surface area contributed by atoms with E-state index in [1.165, 1.54) is 9.64 Å². The van der Waals surface area contributed by atoms with Gasteiger partial charge in [0.2, 0.25) is 0 Å². The van der Waals surface area contributed by atoms with Crippen molar-refractivity contribution in [2.75, 3.05) is 5.32 Å². The van der Waals surface area contributed by atoms with E-state index in [1.807, 2.05) is 18.2 Å². The van der Waals surface area contributed by atoms with Crippen LogP contribution in [0.25, 0.3) is 0 Å². The highest BCUT2D eigenvalue weighted by molar-refractivity contribution is 14.1. The van der Waals surface area contributed by atoms with Crippen molar-refractivity contribution in [1.82, 2.24) is 0 Å². The van der Waals surface area contributed by atoms with Gasteiger partial charge in [0.25, 0.3) is 0 Å². The Morgan fingerprint density at radius 3 is 2.50 bits per heavy atom. The normalized spacial score (nSPS) is 10.4. The van der Waals surface area contributed by atoms with E-state index in [4.69, 9.17) is 0 Å². The fraction of sp³-hybridized carbons (Fsp3) is 0.0769. The zero-order valence-corrected chi connectivity index (χ0v) is 14.5. The molecule has 0 aliphatic carbocycles. The molecule has 0 aliphatic heterocycles. The summed E-state index contributed by atoms with van der Waals surface area (Å²) in [5.74, 6) is -0.240. The molecule has 0 aliphatic rings. The maximum absolute atomic E-state index is 13.1. The minimum absolute atomic E-state index is 0.240. The van der Waals surface area contributed by atoms with Crippen LogP contribution in [0.5, 0.6) is 0 Å². The van der Waals surface area contributed by atoms with Crippen molar-refractivity contribution in [3.8, 4) is 0 Å². The lowest BCUT2D eigenvalue weighted by Crippen LogP contribution is -1.99. The summed E-state index contributed by atoms with van der Waals surface area (Å²) in [7, 11) is 0. The quantitative estimate of drug-likeness (QED) is 0.562. The van der Waals surface area contributed by atoms with Crippen LogP contribution in [-0.4, -0.2) is 0 Å². The van der Waals surface area contributed by atoms with E-state index < -0.39 is 0 Å². The van der Waals surface area contributed by atoms with Gasteiger partial charge in [-0.1, -0.05) is 6.07 Å². The fourth-order valence-corrected chi connectivity index (χ4v) is 2.60. The highest BCUT2D eigenvalue weighted by Gasteiger charge is 2.02. The summed E-state index contributed by atoms with van der Waals surface area (Å²) in [6.07, 6.45) is 0. The van der Waals surface area contributed by atoms with Gasteiger partial charge in [0, 0.05) is 20.3 Å². The van der Waals surface area contributed by atoms with Crippen LogP contribution in [0.15, 0.2) is 45.3 Å². The fourth-order valence-electron chi connectivity index (χ4n) is 1.46. The Morgan fingerprint density at radius 2 is 1.83 bits per heavy atom. The molecule has 0 unspecified atom stereocenters. The number of hydrogen-bond acceptors (Lipinski definition) is 1. The molecule has 0 amide bonds. The number of hydrogen-bond donors (Lipinski definition) is 1. The average Bonchev–Trinajstić information content (AvgIpc) is 2.35. The first kappa shape index (κ1) is 14.3. The summed E-state index contributed by atoms with van der Waals surface area (Å²) < 4.78 is 15.8. The van der Waals surface area contributed by atoms with Crippen LogP contribution in [0.1, 0.15) is 5.56 Å². The van der Waals surface area contributed by atoms with Gasteiger partial charge >= 0.3 is 0 Å². The van der Waals surface area contributed by atoms with Gasteiger partial charge in [-0.2, -0.15) is 0 Å². The molecule has 1 N–H and O–H groups in total. The summed E-state index contributed by atoms with van der Waals surface area (Å²) in [5.41, 5.74) is 2.06. The first-order valence-electron chi connectivity index (χ1n) is 5.19. The van der Waals surface area contributed by atoms with E-state index in [1.54, 1.807) is 12.1 Å². The minimum atomic E-state index is -0.240. The molecule has 0 saturated heterocycles. The van der Waals surface area contributed by atoms with Gasteiger partial charge in [0.1, 0.15) is 5.82 Å². The maximum atomic E-state index is 13.1. The van der Waals surface area contributed by atoms with Crippen LogP contribution >= 0.6 is 54.5 Å². The molecule has 0 atom stereocenters. The molecule has 2 aromatic rings. The van der Waals surface area contributed by atoms with Crippen LogP contribution in [0, 0.1) is 9.39 Å². The first-order valence-corrected chi connectivity index (χ1v) is 7.85. The van der Waals surface area contributed by atoms with E-state index >= 15 is 0 Å². The molecule has 0 bridgehead atoms. The molecule has 1 nitrogen and oxygen atoms in total. The Bertz CT molecular complexity index is 523. The predicted molar refractivity (Wildman–Crippen MR) is 88.3 cm³/mol. The molecule has 0 radical (unpaired) electrons. The third kappa shape index (κ3) is 3.68. The lowest BCUT2D eigenvalue weighted by atomic mass is 10.2. The maximum Gasteiger partial charge on any atom is 0.137 e. The van der Waals surface area contributed by atoms with Crippen LogP contribution < -0.4 is 5.32 Å². The first-order chi connectivity index (χ1) is 8.56. The van der Waals surface area contributed by atoms with Crippen LogP contribution in [-0.2, 0) is 6.54 Å². The average molecular weight is 485 g/mol. The van der Waals surface area contributed by atoms with E-state index in [9.17, 15) is 4.39 Å². The second-order valence-corrected chi connectivity index (χ2v) is 6.60. The van der Waals surface area contributed by atoms with Gasteiger partial charge in [-0.05, 0) is 90.3 Å². The Kier molecular flexibility index (Phi) is 5.03. The number of benzene rings is 2. The largest absolute Gasteiger partial charge is 0.381 e.